The zero-order chi connectivity index (χ0) is 21.5. The van der Waals surface area contributed by atoms with Gasteiger partial charge in [0.25, 0.3) is 0 Å². The third-order valence-electron chi connectivity index (χ3n) is 4.61. The Labute approximate surface area is 179 Å². The van der Waals surface area contributed by atoms with Crippen LogP contribution in [0.5, 0.6) is 0 Å². The van der Waals surface area contributed by atoms with E-state index in [1.807, 2.05) is 4.90 Å². The number of benzene rings is 2. The molecule has 2 aromatic carbocycles. The van der Waals surface area contributed by atoms with Gasteiger partial charge in [0.1, 0.15) is 11.9 Å². The van der Waals surface area contributed by atoms with E-state index in [2.05, 4.69) is 16.0 Å². The van der Waals surface area contributed by atoms with Crippen molar-refractivity contribution in [3.63, 3.8) is 0 Å². The predicted octanol–water partition coefficient (Wildman–Crippen LogP) is 3.19. The number of ether oxygens (including phenoxy) is 1. The van der Waals surface area contributed by atoms with Crippen molar-refractivity contribution in [2.75, 3.05) is 48.8 Å². The van der Waals surface area contributed by atoms with Gasteiger partial charge in [-0.25, -0.2) is 4.39 Å². The Morgan fingerprint density at radius 3 is 2.43 bits per heavy atom. The van der Waals surface area contributed by atoms with Crippen molar-refractivity contribution in [2.45, 2.75) is 13.0 Å². The fourth-order valence-corrected chi connectivity index (χ4v) is 3.17. The summed E-state index contributed by atoms with van der Waals surface area (Å²) in [5.41, 5.74) is 1.73. The molecule has 30 heavy (non-hydrogen) atoms. The van der Waals surface area contributed by atoms with Crippen LogP contribution in [0.3, 0.4) is 0 Å². The lowest BCUT2D eigenvalue weighted by molar-refractivity contribution is -0.118. The second-order valence-electron chi connectivity index (χ2n) is 6.99. The van der Waals surface area contributed by atoms with Gasteiger partial charge in [-0.05, 0) is 49.4 Å². The third kappa shape index (κ3) is 6.41. The van der Waals surface area contributed by atoms with Crippen molar-refractivity contribution >= 4 is 40.5 Å². The molecule has 9 heteroatoms. The molecule has 0 saturated carbocycles. The zero-order valence-corrected chi connectivity index (χ0v) is 17.3. The maximum Gasteiger partial charge on any atom is 0.246 e. The van der Waals surface area contributed by atoms with Gasteiger partial charge in [-0.2, -0.15) is 0 Å². The summed E-state index contributed by atoms with van der Waals surface area (Å²) in [5, 5.41) is 8.73. The molecule has 1 atom stereocenters. The normalized spacial score (nSPS) is 15.3. The van der Waals surface area contributed by atoms with Crippen LogP contribution >= 0.6 is 11.6 Å². The number of carbonyl (C=O) groups excluding carboxylic acids is 2. The van der Waals surface area contributed by atoms with Gasteiger partial charge in [-0.3, -0.25) is 14.5 Å². The first-order chi connectivity index (χ1) is 14.4. The molecule has 3 rings (SSSR count). The average molecular weight is 435 g/mol. The molecule has 160 valence electrons. The standard InChI is InChI=1S/C21H24ClFN4O3/c1-14(21(29)26-19-7-2-15(23)12-18(19)22)24-16-3-5-17(6-4-16)25-20(28)13-27-8-10-30-11-9-27/h2-7,12,14,24H,8-11,13H2,1H3,(H,25,28)(H,26,29). The molecule has 0 aromatic heterocycles. The molecule has 0 spiro atoms. The van der Waals surface area contributed by atoms with Gasteiger partial charge in [0.15, 0.2) is 0 Å². The van der Waals surface area contributed by atoms with E-state index < -0.39 is 11.9 Å². The number of morpholine rings is 1. The van der Waals surface area contributed by atoms with Crippen molar-refractivity contribution in [1.82, 2.24) is 4.90 Å². The van der Waals surface area contributed by atoms with E-state index in [0.29, 0.717) is 36.8 Å². The molecule has 1 heterocycles. The Bertz CT molecular complexity index is 888. The van der Waals surface area contributed by atoms with Gasteiger partial charge in [0, 0.05) is 24.5 Å². The Morgan fingerprint density at radius 2 is 1.77 bits per heavy atom. The van der Waals surface area contributed by atoms with Crippen LogP contribution in [-0.4, -0.2) is 55.6 Å². The maximum atomic E-state index is 13.1. The lowest BCUT2D eigenvalue weighted by Crippen LogP contribution is -2.41. The van der Waals surface area contributed by atoms with Crippen LogP contribution in [0, 0.1) is 5.82 Å². The van der Waals surface area contributed by atoms with Crippen molar-refractivity contribution < 1.29 is 18.7 Å². The average Bonchev–Trinajstić information content (AvgIpc) is 2.72. The SMILES string of the molecule is CC(Nc1ccc(NC(=O)CN2CCOCC2)cc1)C(=O)Nc1ccc(F)cc1Cl. The number of amides is 2. The molecular formula is C21H24ClFN4O3. The number of hydrogen-bond acceptors (Lipinski definition) is 5. The summed E-state index contributed by atoms with van der Waals surface area (Å²) in [6, 6.07) is 10.3. The van der Waals surface area contributed by atoms with E-state index in [-0.39, 0.29) is 16.8 Å². The van der Waals surface area contributed by atoms with Crippen LogP contribution in [0.25, 0.3) is 0 Å². The molecule has 3 N–H and O–H groups in total. The lowest BCUT2D eigenvalue weighted by Gasteiger charge is -2.25. The molecule has 1 saturated heterocycles. The van der Waals surface area contributed by atoms with E-state index in [1.54, 1.807) is 31.2 Å². The molecule has 0 bridgehead atoms. The summed E-state index contributed by atoms with van der Waals surface area (Å²) in [7, 11) is 0. The highest BCUT2D eigenvalue weighted by Gasteiger charge is 2.16. The first-order valence-corrected chi connectivity index (χ1v) is 10.0. The van der Waals surface area contributed by atoms with Crippen molar-refractivity contribution in [2.24, 2.45) is 0 Å². The van der Waals surface area contributed by atoms with E-state index in [4.69, 9.17) is 16.3 Å². The van der Waals surface area contributed by atoms with Crippen LogP contribution in [0.1, 0.15) is 6.92 Å². The van der Waals surface area contributed by atoms with Gasteiger partial charge in [0.2, 0.25) is 11.8 Å². The molecule has 1 aliphatic heterocycles. The van der Waals surface area contributed by atoms with Crippen LogP contribution in [0.2, 0.25) is 5.02 Å². The summed E-state index contributed by atoms with van der Waals surface area (Å²) in [6.07, 6.45) is 0. The van der Waals surface area contributed by atoms with Crippen molar-refractivity contribution in [3.8, 4) is 0 Å². The predicted molar refractivity (Wildman–Crippen MR) is 115 cm³/mol. The number of rotatable bonds is 7. The largest absolute Gasteiger partial charge is 0.379 e. The second kappa shape index (κ2) is 10.4. The monoisotopic (exact) mass is 434 g/mol. The Kier molecular flexibility index (Phi) is 7.62. The first-order valence-electron chi connectivity index (χ1n) is 9.63. The molecular weight excluding hydrogens is 411 g/mol. The topological polar surface area (TPSA) is 82.7 Å². The quantitative estimate of drug-likeness (QED) is 0.623. The minimum Gasteiger partial charge on any atom is -0.379 e. The number of halogens is 2. The van der Waals surface area contributed by atoms with Crippen molar-refractivity contribution in [1.29, 1.82) is 0 Å². The number of carbonyl (C=O) groups is 2. The zero-order valence-electron chi connectivity index (χ0n) is 16.6. The molecule has 2 amide bonds. The van der Waals surface area contributed by atoms with Crippen LogP contribution in [-0.2, 0) is 14.3 Å². The van der Waals surface area contributed by atoms with Crippen LogP contribution < -0.4 is 16.0 Å². The highest BCUT2D eigenvalue weighted by molar-refractivity contribution is 6.33. The van der Waals surface area contributed by atoms with Gasteiger partial charge in [0.05, 0.1) is 30.5 Å². The number of nitrogens with zero attached hydrogens (tertiary/aromatic N) is 1. The smallest absolute Gasteiger partial charge is 0.246 e. The van der Waals surface area contributed by atoms with Gasteiger partial charge >= 0.3 is 0 Å². The molecule has 0 radical (unpaired) electrons. The third-order valence-corrected chi connectivity index (χ3v) is 4.92. The molecule has 0 aliphatic carbocycles. The molecule has 1 unspecified atom stereocenters. The number of hydrogen-bond donors (Lipinski definition) is 3. The van der Waals surface area contributed by atoms with E-state index in [0.717, 1.165) is 19.2 Å². The van der Waals surface area contributed by atoms with Crippen molar-refractivity contribution in [3.05, 3.63) is 53.3 Å². The molecule has 1 aliphatic rings. The number of anilines is 3. The minimum absolute atomic E-state index is 0.0819. The second-order valence-corrected chi connectivity index (χ2v) is 7.40. The summed E-state index contributed by atoms with van der Waals surface area (Å²) in [5.74, 6) is -0.866. The van der Waals surface area contributed by atoms with Gasteiger partial charge in [-0.1, -0.05) is 11.6 Å². The Morgan fingerprint density at radius 1 is 1.10 bits per heavy atom. The summed E-state index contributed by atoms with van der Waals surface area (Å²) >= 11 is 5.94. The molecule has 1 fully saturated rings. The summed E-state index contributed by atoms with van der Waals surface area (Å²) in [4.78, 5) is 26.6. The van der Waals surface area contributed by atoms with E-state index in [1.165, 1.54) is 12.1 Å². The van der Waals surface area contributed by atoms with Crippen LogP contribution in [0.15, 0.2) is 42.5 Å². The van der Waals surface area contributed by atoms with E-state index >= 15 is 0 Å². The fourth-order valence-electron chi connectivity index (χ4n) is 2.96. The Hall–Kier alpha value is -2.68. The summed E-state index contributed by atoms with van der Waals surface area (Å²) in [6.45, 7) is 4.82. The first kappa shape index (κ1) is 22.0. The highest BCUT2D eigenvalue weighted by Crippen LogP contribution is 2.23. The van der Waals surface area contributed by atoms with Gasteiger partial charge < -0.3 is 20.7 Å². The maximum absolute atomic E-state index is 13.1. The highest BCUT2D eigenvalue weighted by atomic mass is 35.5. The lowest BCUT2D eigenvalue weighted by atomic mass is 10.2. The summed E-state index contributed by atoms with van der Waals surface area (Å²) < 4.78 is 18.4. The Balaban J connectivity index is 1.49. The van der Waals surface area contributed by atoms with E-state index in [9.17, 15) is 14.0 Å². The molecule has 2 aromatic rings. The fraction of sp³-hybridized carbons (Fsp3) is 0.333. The number of nitrogens with one attached hydrogen (secondary N) is 3. The minimum atomic E-state index is -0.562. The molecule has 7 nitrogen and oxygen atoms in total. The van der Waals surface area contributed by atoms with Gasteiger partial charge in [-0.15, -0.1) is 0 Å². The van der Waals surface area contributed by atoms with Crippen LogP contribution in [0.4, 0.5) is 21.5 Å².